The van der Waals surface area contributed by atoms with Crippen molar-refractivity contribution < 1.29 is 16.8 Å². The molecule has 0 aliphatic rings. The van der Waals surface area contributed by atoms with Crippen LogP contribution in [-0.4, -0.2) is 38.0 Å². The van der Waals surface area contributed by atoms with E-state index in [1.165, 1.54) is 24.3 Å². The minimum absolute atomic E-state index is 0. The number of rotatable bonds is 4. The van der Waals surface area contributed by atoms with E-state index in [1.807, 2.05) is 0 Å². The Morgan fingerprint density at radius 3 is 1.33 bits per heavy atom. The summed E-state index contributed by atoms with van der Waals surface area (Å²) in [4.78, 5) is 0. The third kappa shape index (κ3) is 4.70. The summed E-state index contributed by atoms with van der Waals surface area (Å²) in [5.41, 5.74) is 0. The second-order valence-corrected chi connectivity index (χ2v) is 4.35. The number of benzene rings is 2. The monoisotopic (exact) mass is 274 g/mol. The third-order valence-electron chi connectivity index (χ3n) is 1.88. The molecule has 0 fully saturated rings. The molecular formula is C12H11NaO4S. The van der Waals surface area contributed by atoms with Crippen molar-refractivity contribution in [3.8, 4) is 11.5 Å². The molecule has 0 atom stereocenters. The van der Waals surface area contributed by atoms with Crippen LogP contribution in [0.4, 0.5) is 0 Å². The van der Waals surface area contributed by atoms with Crippen LogP contribution in [0.15, 0.2) is 60.7 Å². The molecular weight excluding hydrogens is 263 g/mol. The first-order valence-electron chi connectivity index (χ1n) is 4.90. The van der Waals surface area contributed by atoms with Gasteiger partial charge in [0.2, 0.25) is 0 Å². The topological polar surface area (TPSA) is 52.6 Å². The molecule has 2 aromatic rings. The molecule has 0 heterocycles. The van der Waals surface area contributed by atoms with Crippen LogP contribution in [0.25, 0.3) is 0 Å². The number of hydrogen-bond donors (Lipinski definition) is 0. The van der Waals surface area contributed by atoms with Crippen LogP contribution in [0.1, 0.15) is 0 Å². The Morgan fingerprint density at radius 2 is 1.00 bits per heavy atom. The quantitative estimate of drug-likeness (QED) is 0.797. The van der Waals surface area contributed by atoms with Crippen molar-refractivity contribution in [1.29, 1.82) is 0 Å². The molecule has 0 radical (unpaired) electrons. The molecule has 4 nitrogen and oxygen atoms in total. The van der Waals surface area contributed by atoms with E-state index in [2.05, 4.69) is 0 Å². The molecule has 0 aromatic heterocycles. The van der Waals surface area contributed by atoms with E-state index < -0.39 is 10.4 Å². The first kappa shape index (κ1) is 15.0. The minimum atomic E-state index is -4.09. The Bertz CT molecular complexity index is 522. The fourth-order valence-electron chi connectivity index (χ4n) is 1.20. The molecule has 90 valence electrons. The SMILES string of the molecule is O=S(=O)(Oc1ccccc1)Oc1ccccc1.[NaH]. The molecule has 0 saturated carbocycles. The second-order valence-electron chi connectivity index (χ2n) is 3.20. The van der Waals surface area contributed by atoms with E-state index >= 15 is 0 Å². The molecule has 18 heavy (non-hydrogen) atoms. The fraction of sp³-hybridized carbons (Fsp3) is 0. The van der Waals surface area contributed by atoms with Gasteiger partial charge < -0.3 is 8.37 Å². The van der Waals surface area contributed by atoms with Gasteiger partial charge in [0.05, 0.1) is 0 Å². The molecule has 0 saturated heterocycles. The average molecular weight is 274 g/mol. The third-order valence-corrected chi connectivity index (χ3v) is 2.68. The Morgan fingerprint density at radius 1 is 0.667 bits per heavy atom. The molecule has 0 bridgehead atoms. The molecule has 0 aliphatic heterocycles. The van der Waals surface area contributed by atoms with E-state index in [9.17, 15) is 8.42 Å². The first-order valence-corrected chi connectivity index (χ1v) is 6.23. The summed E-state index contributed by atoms with van der Waals surface area (Å²) >= 11 is 0. The summed E-state index contributed by atoms with van der Waals surface area (Å²) < 4.78 is 32.6. The van der Waals surface area contributed by atoms with E-state index in [-0.39, 0.29) is 41.1 Å². The van der Waals surface area contributed by atoms with E-state index in [4.69, 9.17) is 8.37 Å². The van der Waals surface area contributed by atoms with Crippen LogP contribution in [-0.2, 0) is 10.4 Å². The van der Waals surface area contributed by atoms with Crippen LogP contribution < -0.4 is 8.37 Å². The molecule has 0 N–H and O–H groups in total. The molecule has 0 aliphatic carbocycles. The molecule has 0 unspecified atom stereocenters. The van der Waals surface area contributed by atoms with Crippen molar-refractivity contribution >= 4 is 40.0 Å². The van der Waals surface area contributed by atoms with Crippen LogP contribution in [0.3, 0.4) is 0 Å². The normalized spacial score (nSPS) is 10.2. The van der Waals surface area contributed by atoms with Gasteiger partial charge in [0.15, 0.2) is 0 Å². The predicted octanol–water partition coefficient (Wildman–Crippen LogP) is 1.74. The van der Waals surface area contributed by atoms with E-state index in [0.29, 0.717) is 0 Å². The standard InChI is InChI=1S/C12H10O4S.Na.H/c13-17(14,15-11-7-3-1-4-8-11)16-12-9-5-2-6-10-12;;/h1-10H;;. The van der Waals surface area contributed by atoms with Crippen molar-refractivity contribution in [3.05, 3.63) is 60.7 Å². The van der Waals surface area contributed by atoms with Gasteiger partial charge in [-0.3, -0.25) is 0 Å². The number of hydrogen-bond acceptors (Lipinski definition) is 4. The van der Waals surface area contributed by atoms with Gasteiger partial charge in [-0.25, -0.2) is 0 Å². The van der Waals surface area contributed by atoms with Gasteiger partial charge in [-0.2, -0.15) is 0 Å². The summed E-state index contributed by atoms with van der Waals surface area (Å²) in [5.74, 6) is 0.423. The maximum atomic E-state index is 11.5. The zero-order valence-corrected chi connectivity index (χ0v) is 9.63. The van der Waals surface area contributed by atoms with Crippen molar-refractivity contribution in [2.45, 2.75) is 0 Å². The van der Waals surface area contributed by atoms with E-state index in [0.717, 1.165) is 0 Å². The number of para-hydroxylation sites is 2. The Kier molecular flexibility index (Phi) is 5.68. The Balaban J connectivity index is 0.00000162. The van der Waals surface area contributed by atoms with Gasteiger partial charge in [-0.15, -0.1) is 8.42 Å². The predicted molar refractivity (Wildman–Crippen MR) is 70.2 cm³/mol. The molecule has 2 aromatic carbocycles. The van der Waals surface area contributed by atoms with Crippen molar-refractivity contribution in [1.82, 2.24) is 0 Å². The summed E-state index contributed by atoms with van der Waals surface area (Å²) in [6.45, 7) is 0. The van der Waals surface area contributed by atoms with Crippen molar-refractivity contribution in [2.24, 2.45) is 0 Å². The second kappa shape index (κ2) is 6.80. The van der Waals surface area contributed by atoms with E-state index in [1.54, 1.807) is 36.4 Å². The van der Waals surface area contributed by atoms with Gasteiger partial charge in [0, 0.05) is 0 Å². The summed E-state index contributed by atoms with van der Waals surface area (Å²) in [7, 11) is -4.09. The average Bonchev–Trinajstić information content (AvgIpc) is 2.30. The molecule has 0 spiro atoms. The Hall–Kier alpha value is -1.01. The molecule has 0 amide bonds. The van der Waals surface area contributed by atoms with Gasteiger partial charge in [-0.1, -0.05) is 36.4 Å². The van der Waals surface area contributed by atoms with Gasteiger partial charge in [0.1, 0.15) is 11.5 Å². The van der Waals surface area contributed by atoms with Gasteiger partial charge >= 0.3 is 40.0 Å². The summed E-state index contributed by atoms with van der Waals surface area (Å²) in [6, 6.07) is 16.4. The van der Waals surface area contributed by atoms with Crippen LogP contribution >= 0.6 is 0 Å². The molecule has 2 rings (SSSR count). The summed E-state index contributed by atoms with van der Waals surface area (Å²) in [6.07, 6.45) is 0. The zero-order valence-electron chi connectivity index (χ0n) is 8.81. The van der Waals surface area contributed by atoms with Crippen LogP contribution in [0.2, 0.25) is 0 Å². The van der Waals surface area contributed by atoms with Crippen molar-refractivity contribution in [2.75, 3.05) is 0 Å². The van der Waals surface area contributed by atoms with Crippen LogP contribution in [0.5, 0.6) is 11.5 Å². The molecule has 6 heteroatoms. The van der Waals surface area contributed by atoms with Crippen LogP contribution in [0, 0.1) is 0 Å². The Labute approximate surface area is 128 Å². The zero-order chi connectivity index (χ0) is 12.1. The van der Waals surface area contributed by atoms with Crippen molar-refractivity contribution in [3.63, 3.8) is 0 Å². The maximum absolute atomic E-state index is 11.5. The first-order chi connectivity index (χ1) is 8.16. The van der Waals surface area contributed by atoms with Gasteiger partial charge in [-0.05, 0) is 24.3 Å². The fourth-order valence-corrected chi connectivity index (χ4v) is 1.93. The summed E-state index contributed by atoms with van der Waals surface area (Å²) in [5, 5.41) is 0. The van der Waals surface area contributed by atoms with Gasteiger partial charge in [0.25, 0.3) is 0 Å².